The molecule has 2 N–H and O–H groups in total. The molecule has 0 fully saturated rings. The van der Waals surface area contributed by atoms with E-state index in [-0.39, 0.29) is 22.2 Å². The van der Waals surface area contributed by atoms with Gasteiger partial charge in [0.25, 0.3) is 17.4 Å². The molecule has 0 spiro atoms. The number of para-hydroxylation sites is 1. The van der Waals surface area contributed by atoms with Crippen LogP contribution < -0.4 is 22.1 Å². The van der Waals surface area contributed by atoms with Crippen molar-refractivity contribution in [3.63, 3.8) is 0 Å². The van der Waals surface area contributed by atoms with Gasteiger partial charge in [-0.25, -0.2) is 14.5 Å². The fourth-order valence-corrected chi connectivity index (χ4v) is 3.90. The van der Waals surface area contributed by atoms with Crippen molar-refractivity contribution in [3.05, 3.63) is 111 Å². The van der Waals surface area contributed by atoms with E-state index >= 15 is 0 Å². The van der Waals surface area contributed by atoms with Crippen molar-refractivity contribution in [3.8, 4) is 16.9 Å². The van der Waals surface area contributed by atoms with Crippen LogP contribution in [-0.2, 0) is 14.1 Å². The molecule has 3 heterocycles. The smallest absolute Gasteiger partial charge is 0.280 e. The molecule has 11 heteroatoms. The predicted molar refractivity (Wildman–Crippen MR) is 136 cm³/mol. The maximum absolute atomic E-state index is 13.1. The molecule has 184 valence electrons. The lowest BCUT2D eigenvalue weighted by molar-refractivity contribution is 0.0847. The van der Waals surface area contributed by atoms with E-state index in [1.54, 1.807) is 10.9 Å². The molecule has 0 aliphatic heterocycles. The molecule has 0 radical (unpaired) electrons. The van der Waals surface area contributed by atoms with Gasteiger partial charge in [0.1, 0.15) is 11.3 Å². The Morgan fingerprint density at radius 1 is 0.838 bits per heavy atom. The first-order valence-electron chi connectivity index (χ1n) is 11.2. The van der Waals surface area contributed by atoms with E-state index in [2.05, 4.69) is 20.9 Å². The molecule has 0 atom stereocenters. The third kappa shape index (κ3) is 4.29. The summed E-state index contributed by atoms with van der Waals surface area (Å²) < 4.78 is 3.74. The van der Waals surface area contributed by atoms with Crippen LogP contribution in [-0.4, -0.2) is 35.7 Å². The van der Waals surface area contributed by atoms with Crippen LogP contribution in [0.2, 0.25) is 0 Å². The number of pyridine rings is 1. The zero-order valence-electron chi connectivity index (χ0n) is 19.9. The van der Waals surface area contributed by atoms with Gasteiger partial charge < -0.3 is 0 Å². The van der Waals surface area contributed by atoms with Crippen LogP contribution >= 0.6 is 0 Å². The summed E-state index contributed by atoms with van der Waals surface area (Å²) in [6.07, 6.45) is 2.81. The van der Waals surface area contributed by atoms with Crippen LogP contribution in [0.3, 0.4) is 0 Å². The zero-order valence-corrected chi connectivity index (χ0v) is 19.9. The number of nitrogens with one attached hydrogen (secondary N) is 2. The van der Waals surface area contributed by atoms with E-state index in [1.807, 2.05) is 60.7 Å². The molecule has 0 saturated heterocycles. The summed E-state index contributed by atoms with van der Waals surface area (Å²) in [5.74, 6) is -1.27. The molecular formula is C26H21N7O4. The summed E-state index contributed by atoms with van der Waals surface area (Å²) >= 11 is 0. The van der Waals surface area contributed by atoms with E-state index in [4.69, 9.17) is 0 Å². The predicted octanol–water partition coefficient (Wildman–Crippen LogP) is 1.56. The van der Waals surface area contributed by atoms with E-state index in [0.717, 1.165) is 15.8 Å². The van der Waals surface area contributed by atoms with Crippen molar-refractivity contribution in [1.82, 2.24) is 34.8 Å². The minimum Gasteiger partial charge on any atom is -0.280 e. The number of hydrogen-bond donors (Lipinski definition) is 2. The minimum atomic E-state index is -0.685. The lowest BCUT2D eigenvalue weighted by Gasteiger charge is -2.09. The van der Waals surface area contributed by atoms with E-state index in [0.29, 0.717) is 5.69 Å². The van der Waals surface area contributed by atoms with Crippen LogP contribution in [0.5, 0.6) is 0 Å². The number of carbonyl (C=O) groups excluding carboxylic acids is 2. The van der Waals surface area contributed by atoms with Gasteiger partial charge in [0.05, 0.1) is 22.2 Å². The van der Waals surface area contributed by atoms with Gasteiger partial charge in [0.15, 0.2) is 0 Å². The number of benzene rings is 2. The first-order chi connectivity index (χ1) is 17.8. The van der Waals surface area contributed by atoms with Crippen LogP contribution in [0.1, 0.15) is 20.7 Å². The number of hydrazine groups is 1. The highest BCUT2D eigenvalue weighted by Gasteiger charge is 2.20. The second-order valence-corrected chi connectivity index (χ2v) is 8.25. The summed E-state index contributed by atoms with van der Waals surface area (Å²) in [6.45, 7) is 0. The van der Waals surface area contributed by atoms with Crippen LogP contribution in [0.4, 0.5) is 0 Å². The third-order valence-electron chi connectivity index (χ3n) is 5.87. The minimum absolute atomic E-state index is 0.0341. The molecule has 5 rings (SSSR count). The molecule has 37 heavy (non-hydrogen) atoms. The highest BCUT2D eigenvalue weighted by Crippen LogP contribution is 2.23. The number of aryl methyl sites for hydroxylation is 1. The van der Waals surface area contributed by atoms with Crippen molar-refractivity contribution in [2.75, 3.05) is 0 Å². The fraction of sp³-hybridized carbons (Fsp3) is 0.0769. The summed E-state index contributed by atoms with van der Waals surface area (Å²) in [5.41, 5.74) is 6.02. The van der Waals surface area contributed by atoms with Gasteiger partial charge >= 0.3 is 5.69 Å². The first kappa shape index (κ1) is 23.4. The average Bonchev–Trinajstić information content (AvgIpc) is 3.40. The highest BCUT2D eigenvalue weighted by atomic mass is 16.2. The third-order valence-corrected chi connectivity index (χ3v) is 5.87. The highest BCUT2D eigenvalue weighted by molar-refractivity contribution is 6.03. The molecule has 5 aromatic rings. The Hall–Kier alpha value is -5.32. The molecular weight excluding hydrogens is 474 g/mol. The average molecular weight is 495 g/mol. The van der Waals surface area contributed by atoms with E-state index < -0.39 is 23.1 Å². The SMILES string of the molecule is Cn1c(=O)c2cc(C(=O)NNC(=O)c3cn(-c4ccccc4)nc3-c3ccccc3)cnc2n(C)c1=O. The van der Waals surface area contributed by atoms with Gasteiger partial charge in [-0.3, -0.25) is 34.4 Å². The Kier molecular flexibility index (Phi) is 5.94. The largest absolute Gasteiger partial charge is 0.332 e. The molecule has 0 saturated carbocycles. The van der Waals surface area contributed by atoms with Gasteiger partial charge in [0.2, 0.25) is 0 Å². The number of rotatable bonds is 4. The Morgan fingerprint density at radius 2 is 1.49 bits per heavy atom. The molecule has 3 aromatic heterocycles. The number of aromatic nitrogens is 5. The number of carbonyl (C=O) groups is 2. The van der Waals surface area contributed by atoms with Gasteiger partial charge in [-0.15, -0.1) is 0 Å². The standard InChI is InChI=1S/C26H21N7O4/c1-31-22-19(25(36)32(2)26(31)37)13-17(14-27-22)23(34)28-29-24(35)20-15-33(18-11-7-4-8-12-18)30-21(20)16-9-5-3-6-10-16/h3-15H,1-2H3,(H,28,34)(H,29,35). The van der Waals surface area contributed by atoms with Crippen molar-refractivity contribution in [1.29, 1.82) is 0 Å². The molecule has 11 nitrogen and oxygen atoms in total. The van der Waals surface area contributed by atoms with Gasteiger partial charge in [-0.1, -0.05) is 48.5 Å². The summed E-state index contributed by atoms with van der Waals surface area (Å²) in [6, 6.07) is 19.9. The van der Waals surface area contributed by atoms with Crippen molar-refractivity contribution in [2.24, 2.45) is 14.1 Å². The fourth-order valence-electron chi connectivity index (χ4n) is 3.90. The number of hydrogen-bond acceptors (Lipinski definition) is 6. The molecule has 2 amide bonds. The van der Waals surface area contributed by atoms with E-state index in [9.17, 15) is 19.2 Å². The molecule has 2 aromatic carbocycles. The summed E-state index contributed by atoms with van der Waals surface area (Å²) in [7, 11) is 2.83. The first-order valence-corrected chi connectivity index (χ1v) is 11.2. The Bertz CT molecular complexity index is 1770. The second kappa shape index (κ2) is 9.38. The Balaban J connectivity index is 1.43. The number of nitrogens with zero attached hydrogens (tertiary/aromatic N) is 5. The summed E-state index contributed by atoms with van der Waals surface area (Å²) in [4.78, 5) is 54.6. The summed E-state index contributed by atoms with van der Waals surface area (Å²) in [5, 5.41) is 4.69. The van der Waals surface area contributed by atoms with Gasteiger partial charge in [-0.2, -0.15) is 5.10 Å². The lowest BCUT2D eigenvalue weighted by Crippen LogP contribution is -2.42. The van der Waals surface area contributed by atoms with Gasteiger partial charge in [-0.05, 0) is 18.2 Å². The number of fused-ring (bicyclic) bond motifs is 1. The quantitative estimate of drug-likeness (QED) is 0.364. The monoisotopic (exact) mass is 495 g/mol. The van der Waals surface area contributed by atoms with Gasteiger partial charge in [0, 0.05) is 32.1 Å². The van der Waals surface area contributed by atoms with Crippen LogP contribution in [0.15, 0.2) is 88.7 Å². The second-order valence-electron chi connectivity index (χ2n) is 8.25. The topological polar surface area (TPSA) is 133 Å². The molecule has 0 aliphatic rings. The van der Waals surface area contributed by atoms with Crippen molar-refractivity contribution >= 4 is 22.8 Å². The van der Waals surface area contributed by atoms with Crippen molar-refractivity contribution < 1.29 is 9.59 Å². The zero-order chi connectivity index (χ0) is 26.1. The maximum atomic E-state index is 13.1. The van der Waals surface area contributed by atoms with Crippen LogP contribution in [0, 0.1) is 0 Å². The van der Waals surface area contributed by atoms with E-state index in [1.165, 1.54) is 30.9 Å². The Labute approximate surface area is 209 Å². The van der Waals surface area contributed by atoms with Crippen molar-refractivity contribution in [2.45, 2.75) is 0 Å². The Morgan fingerprint density at radius 3 is 2.19 bits per heavy atom. The van der Waals surface area contributed by atoms with Crippen LogP contribution in [0.25, 0.3) is 28.0 Å². The maximum Gasteiger partial charge on any atom is 0.332 e. The molecule has 0 aliphatic carbocycles. The lowest BCUT2D eigenvalue weighted by atomic mass is 10.1. The normalized spacial score (nSPS) is 10.9. The molecule has 0 bridgehead atoms. The molecule has 0 unspecified atom stereocenters. The number of amides is 2.